The summed E-state index contributed by atoms with van der Waals surface area (Å²) in [7, 11) is 0. The second kappa shape index (κ2) is 4.61. The molecule has 2 nitrogen and oxygen atoms in total. The third kappa shape index (κ3) is 2.31. The summed E-state index contributed by atoms with van der Waals surface area (Å²) in [6.45, 7) is 2.14. The Kier molecular flexibility index (Phi) is 3.73. The molecular weight excluding hydrogens is 150 g/mol. The van der Waals surface area contributed by atoms with Crippen LogP contribution in [0.25, 0.3) is 0 Å². The molecule has 0 radical (unpaired) electrons. The average Bonchev–Trinajstić information content (AvgIpc) is 2.17. The van der Waals surface area contributed by atoms with E-state index in [1.807, 2.05) is 0 Å². The highest BCUT2D eigenvalue weighted by Crippen LogP contribution is 2.29. The smallest absolute Gasteiger partial charge is 0.123 e. The summed E-state index contributed by atoms with van der Waals surface area (Å²) in [6.07, 6.45) is 6.59. The zero-order valence-corrected chi connectivity index (χ0v) is 7.83. The van der Waals surface area contributed by atoms with Crippen LogP contribution in [0.5, 0.6) is 0 Å². The Balaban J connectivity index is 2.30. The summed E-state index contributed by atoms with van der Waals surface area (Å²) < 4.78 is 0. The summed E-state index contributed by atoms with van der Waals surface area (Å²) >= 11 is 0. The third-order valence-electron chi connectivity index (χ3n) is 3.09. The molecule has 0 bridgehead atoms. The minimum Gasteiger partial charge on any atom is -0.327 e. The minimum atomic E-state index is 0.324. The van der Waals surface area contributed by atoms with Gasteiger partial charge in [-0.05, 0) is 38.0 Å². The van der Waals surface area contributed by atoms with Gasteiger partial charge in [0.2, 0.25) is 0 Å². The van der Waals surface area contributed by atoms with Crippen molar-refractivity contribution < 1.29 is 4.79 Å². The predicted octanol–water partition coefficient (Wildman–Crippen LogP) is 1.73. The molecule has 1 fully saturated rings. The van der Waals surface area contributed by atoms with E-state index >= 15 is 0 Å². The maximum Gasteiger partial charge on any atom is 0.123 e. The highest BCUT2D eigenvalue weighted by atomic mass is 16.1. The van der Waals surface area contributed by atoms with Crippen molar-refractivity contribution in [3.63, 3.8) is 0 Å². The van der Waals surface area contributed by atoms with Crippen LogP contribution in [0.2, 0.25) is 0 Å². The molecule has 0 aromatic heterocycles. The molecule has 0 amide bonds. The molecular formula is C10H19NO. The van der Waals surface area contributed by atoms with E-state index in [0.29, 0.717) is 17.9 Å². The standard InChI is InChI=1S/C10H19NO/c1-2-10(11)9-5-3-8(7-12)4-6-9/h7-10H,2-6,11H2,1H3. The monoisotopic (exact) mass is 169 g/mol. The van der Waals surface area contributed by atoms with E-state index in [2.05, 4.69) is 6.92 Å². The van der Waals surface area contributed by atoms with E-state index in [-0.39, 0.29) is 0 Å². The Hall–Kier alpha value is -0.370. The number of nitrogens with two attached hydrogens (primary N) is 1. The van der Waals surface area contributed by atoms with Crippen LogP contribution in [0.1, 0.15) is 39.0 Å². The number of carbonyl (C=O) groups excluding carboxylic acids is 1. The van der Waals surface area contributed by atoms with Gasteiger partial charge >= 0.3 is 0 Å². The average molecular weight is 169 g/mol. The molecule has 12 heavy (non-hydrogen) atoms. The molecule has 1 aliphatic rings. The van der Waals surface area contributed by atoms with E-state index < -0.39 is 0 Å². The van der Waals surface area contributed by atoms with Gasteiger partial charge in [0.25, 0.3) is 0 Å². The first-order valence-corrected chi connectivity index (χ1v) is 4.98. The third-order valence-corrected chi connectivity index (χ3v) is 3.09. The molecule has 2 N–H and O–H groups in total. The normalized spacial score (nSPS) is 32.8. The van der Waals surface area contributed by atoms with Crippen LogP contribution in [0.4, 0.5) is 0 Å². The van der Waals surface area contributed by atoms with E-state index in [1.165, 1.54) is 0 Å². The first-order valence-electron chi connectivity index (χ1n) is 4.98. The van der Waals surface area contributed by atoms with Crippen LogP contribution in [0, 0.1) is 11.8 Å². The molecule has 0 aliphatic heterocycles. The van der Waals surface area contributed by atoms with Gasteiger partial charge < -0.3 is 10.5 Å². The van der Waals surface area contributed by atoms with Crippen LogP contribution in [0.3, 0.4) is 0 Å². The lowest BCUT2D eigenvalue weighted by Gasteiger charge is -2.29. The second-order valence-electron chi connectivity index (χ2n) is 3.88. The van der Waals surface area contributed by atoms with Crippen LogP contribution in [0.15, 0.2) is 0 Å². The Labute approximate surface area is 74.5 Å². The number of aldehydes is 1. The topological polar surface area (TPSA) is 43.1 Å². The van der Waals surface area contributed by atoms with E-state index in [9.17, 15) is 4.79 Å². The lowest BCUT2D eigenvalue weighted by molar-refractivity contribution is -0.112. The molecule has 2 heteroatoms. The lowest BCUT2D eigenvalue weighted by atomic mass is 9.79. The van der Waals surface area contributed by atoms with E-state index in [4.69, 9.17) is 5.73 Å². The Morgan fingerprint density at radius 1 is 1.42 bits per heavy atom. The van der Waals surface area contributed by atoms with Gasteiger partial charge in [0.15, 0.2) is 0 Å². The fraction of sp³-hybridized carbons (Fsp3) is 0.900. The van der Waals surface area contributed by atoms with Crippen molar-refractivity contribution in [1.29, 1.82) is 0 Å². The van der Waals surface area contributed by atoms with Crippen LogP contribution in [-0.4, -0.2) is 12.3 Å². The van der Waals surface area contributed by atoms with Crippen molar-refractivity contribution in [2.45, 2.75) is 45.1 Å². The zero-order chi connectivity index (χ0) is 8.97. The molecule has 0 aromatic carbocycles. The molecule has 1 rings (SSSR count). The molecule has 1 saturated carbocycles. The SMILES string of the molecule is CCC(N)C1CCC(C=O)CC1. The summed E-state index contributed by atoms with van der Waals surface area (Å²) in [5.41, 5.74) is 5.95. The van der Waals surface area contributed by atoms with Gasteiger partial charge in [0.1, 0.15) is 6.29 Å². The van der Waals surface area contributed by atoms with Crippen molar-refractivity contribution in [3.8, 4) is 0 Å². The first kappa shape index (κ1) is 9.72. The van der Waals surface area contributed by atoms with Gasteiger partial charge in [-0.15, -0.1) is 0 Å². The van der Waals surface area contributed by atoms with E-state index in [1.54, 1.807) is 0 Å². The number of hydrogen-bond donors (Lipinski definition) is 1. The zero-order valence-electron chi connectivity index (χ0n) is 7.83. The minimum absolute atomic E-state index is 0.324. The first-order chi connectivity index (χ1) is 5.77. The van der Waals surface area contributed by atoms with Crippen molar-refractivity contribution >= 4 is 6.29 Å². The number of rotatable bonds is 3. The van der Waals surface area contributed by atoms with Crippen molar-refractivity contribution in [2.24, 2.45) is 17.6 Å². The maximum absolute atomic E-state index is 10.5. The van der Waals surface area contributed by atoms with Gasteiger partial charge in [-0.1, -0.05) is 6.92 Å². The second-order valence-corrected chi connectivity index (χ2v) is 3.88. The van der Waals surface area contributed by atoms with Gasteiger partial charge in [0.05, 0.1) is 0 Å². The Bertz CT molecular complexity index is 139. The fourth-order valence-corrected chi connectivity index (χ4v) is 2.04. The summed E-state index contributed by atoms with van der Waals surface area (Å²) in [4.78, 5) is 10.5. The lowest BCUT2D eigenvalue weighted by Crippen LogP contribution is -2.32. The molecule has 1 aliphatic carbocycles. The Morgan fingerprint density at radius 2 is 2.00 bits per heavy atom. The fourth-order valence-electron chi connectivity index (χ4n) is 2.04. The summed E-state index contributed by atoms with van der Waals surface area (Å²) in [5, 5.41) is 0. The van der Waals surface area contributed by atoms with Crippen molar-refractivity contribution in [2.75, 3.05) is 0 Å². The summed E-state index contributed by atoms with van der Waals surface area (Å²) in [6, 6.07) is 0.359. The highest BCUT2D eigenvalue weighted by molar-refractivity contribution is 5.53. The number of carbonyl (C=O) groups is 1. The molecule has 0 saturated heterocycles. The van der Waals surface area contributed by atoms with Crippen molar-refractivity contribution in [1.82, 2.24) is 0 Å². The van der Waals surface area contributed by atoms with Gasteiger partial charge in [-0.2, -0.15) is 0 Å². The predicted molar refractivity (Wildman–Crippen MR) is 49.8 cm³/mol. The van der Waals surface area contributed by atoms with Crippen LogP contribution < -0.4 is 5.73 Å². The molecule has 0 aromatic rings. The number of hydrogen-bond acceptors (Lipinski definition) is 2. The van der Waals surface area contributed by atoms with Gasteiger partial charge in [0, 0.05) is 12.0 Å². The summed E-state index contributed by atoms with van der Waals surface area (Å²) in [5.74, 6) is 0.997. The molecule has 1 unspecified atom stereocenters. The van der Waals surface area contributed by atoms with Crippen LogP contribution >= 0.6 is 0 Å². The largest absolute Gasteiger partial charge is 0.327 e. The highest BCUT2D eigenvalue weighted by Gasteiger charge is 2.23. The van der Waals surface area contributed by atoms with Crippen molar-refractivity contribution in [3.05, 3.63) is 0 Å². The molecule has 0 heterocycles. The molecule has 0 spiro atoms. The van der Waals surface area contributed by atoms with Gasteiger partial charge in [-0.3, -0.25) is 0 Å². The quantitative estimate of drug-likeness (QED) is 0.654. The molecule has 70 valence electrons. The van der Waals surface area contributed by atoms with E-state index in [0.717, 1.165) is 38.4 Å². The Morgan fingerprint density at radius 3 is 2.42 bits per heavy atom. The van der Waals surface area contributed by atoms with Crippen LogP contribution in [-0.2, 0) is 4.79 Å². The maximum atomic E-state index is 10.5. The molecule has 1 atom stereocenters. The van der Waals surface area contributed by atoms with Gasteiger partial charge in [-0.25, -0.2) is 0 Å².